The Morgan fingerprint density at radius 1 is 1.08 bits per heavy atom. The Morgan fingerprint density at radius 2 is 1.79 bits per heavy atom. The number of hydrogen-bond acceptors (Lipinski definition) is 5. The molecule has 2 aromatic heterocycles. The highest BCUT2D eigenvalue weighted by Gasteiger charge is 2.35. The molecule has 3 heterocycles. The van der Waals surface area contributed by atoms with Crippen molar-refractivity contribution in [1.29, 1.82) is 0 Å². The minimum atomic E-state index is 0.233. The van der Waals surface area contributed by atoms with E-state index in [0.29, 0.717) is 19.3 Å². The van der Waals surface area contributed by atoms with Crippen molar-refractivity contribution in [3.63, 3.8) is 0 Å². The fourth-order valence-electron chi connectivity index (χ4n) is 3.43. The standard InChI is InChI=1S/C17H27N5O2/c1-20-11-14(9-18-20)8-16-17(24-7-6-23-3)4-5-22(16)13-15-10-19-21(2)12-15/h9-12,16-17H,4-8,13H2,1-3H3/t16-,17+/m0/s1. The zero-order valence-corrected chi connectivity index (χ0v) is 14.8. The summed E-state index contributed by atoms with van der Waals surface area (Å²) < 4.78 is 14.9. The summed E-state index contributed by atoms with van der Waals surface area (Å²) in [5.74, 6) is 0. The van der Waals surface area contributed by atoms with Crippen LogP contribution in [0.5, 0.6) is 0 Å². The molecule has 0 unspecified atom stereocenters. The molecule has 0 bridgehead atoms. The summed E-state index contributed by atoms with van der Waals surface area (Å²) in [6.45, 7) is 3.23. The molecule has 0 N–H and O–H groups in total. The van der Waals surface area contributed by atoms with E-state index in [1.54, 1.807) is 7.11 Å². The highest BCUT2D eigenvalue weighted by atomic mass is 16.5. The predicted molar refractivity (Wildman–Crippen MR) is 90.6 cm³/mol. The van der Waals surface area contributed by atoms with E-state index in [4.69, 9.17) is 9.47 Å². The number of rotatable bonds is 8. The first-order valence-corrected chi connectivity index (χ1v) is 8.45. The Bertz CT molecular complexity index is 638. The van der Waals surface area contributed by atoms with Crippen molar-refractivity contribution in [2.24, 2.45) is 14.1 Å². The van der Waals surface area contributed by atoms with Gasteiger partial charge in [-0.05, 0) is 18.4 Å². The van der Waals surface area contributed by atoms with Gasteiger partial charge in [-0.1, -0.05) is 0 Å². The van der Waals surface area contributed by atoms with Gasteiger partial charge in [-0.2, -0.15) is 10.2 Å². The van der Waals surface area contributed by atoms with Gasteiger partial charge in [0.15, 0.2) is 0 Å². The molecule has 2 aromatic rings. The van der Waals surface area contributed by atoms with Gasteiger partial charge in [-0.15, -0.1) is 0 Å². The molecule has 1 saturated heterocycles. The van der Waals surface area contributed by atoms with Crippen molar-refractivity contribution < 1.29 is 9.47 Å². The first-order valence-electron chi connectivity index (χ1n) is 8.45. The Balaban J connectivity index is 1.68. The summed E-state index contributed by atoms with van der Waals surface area (Å²) in [5, 5.41) is 8.58. The molecular weight excluding hydrogens is 306 g/mol. The number of aromatic nitrogens is 4. The van der Waals surface area contributed by atoms with Crippen molar-refractivity contribution >= 4 is 0 Å². The van der Waals surface area contributed by atoms with Gasteiger partial charge >= 0.3 is 0 Å². The number of hydrogen-bond donors (Lipinski definition) is 0. The predicted octanol–water partition coefficient (Wildman–Crippen LogP) is 1.00. The molecule has 1 aliphatic rings. The molecular formula is C17H27N5O2. The van der Waals surface area contributed by atoms with Crippen LogP contribution in [-0.2, 0) is 36.5 Å². The third-order valence-electron chi connectivity index (χ3n) is 4.57. The Labute approximate surface area is 143 Å². The molecule has 7 nitrogen and oxygen atoms in total. The summed E-state index contributed by atoms with van der Waals surface area (Å²) in [6, 6.07) is 0.353. The van der Waals surface area contributed by atoms with E-state index in [1.165, 1.54) is 11.1 Å². The summed E-state index contributed by atoms with van der Waals surface area (Å²) in [4.78, 5) is 2.50. The molecule has 0 saturated carbocycles. The second-order valence-electron chi connectivity index (χ2n) is 6.48. The van der Waals surface area contributed by atoms with Gasteiger partial charge < -0.3 is 9.47 Å². The first-order chi connectivity index (χ1) is 11.7. The van der Waals surface area contributed by atoms with Crippen LogP contribution in [0.15, 0.2) is 24.8 Å². The van der Waals surface area contributed by atoms with Crippen LogP contribution in [0.1, 0.15) is 17.5 Å². The SMILES string of the molecule is COCCO[C@@H]1CCN(Cc2cnn(C)c2)[C@H]1Cc1cnn(C)c1. The lowest BCUT2D eigenvalue weighted by atomic mass is 10.0. The van der Waals surface area contributed by atoms with Crippen LogP contribution >= 0.6 is 0 Å². The van der Waals surface area contributed by atoms with E-state index in [1.807, 2.05) is 35.9 Å². The van der Waals surface area contributed by atoms with Crippen molar-refractivity contribution in [2.45, 2.75) is 31.5 Å². The molecule has 7 heteroatoms. The maximum Gasteiger partial charge on any atom is 0.0746 e. The minimum absolute atomic E-state index is 0.233. The zero-order chi connectivity index (χ0) is 16.9. The van der Waals surface area contributed by atoms with Crippen LogP contribution in [0.25, 0.3) is 0 Å². The molecule has 0 aromatic carbocycles. The maximum atomic E-state index is 6.09. The number of aryl methyl sites for hydroxylation is 2. The molecule has 24 heavy (non-hydrogen) atoms. The van der Waals surface area contributed by atoms with E-state index >= 15 is 0 Å². The van der Waals surface area contributed by atoms with Gasteiger partial charge in [0, 0.05) is 58.3 Å². The van der Waals surface area contributed by atoms with E-state index in [0.717, 1.165) is 25.9 Å². The van der Waals surface area contributed by atoms with Gasteiger partial charge in [0.25, 0.3) is 0 Å². The minimum Gasteiger partial charge on any atom is -0.382 e. The molecule has 1 fully saturated rings. The average Bonchev–Trinajstić information content (AvgIpc) is 3.24. The summed E-state index contributed by atoms with van der Waals surface area (Å²) >= 11 is 0. The lowest BCUT2D eigenvalue weighted by Crippen LogP contribution is -2.38. The van der Waals surface area contributed by atoms with Crippen LogP contribution < -0.4 is 0 Å². The van der Waals surface area contributed by atoms with Crippen LogP contribution in [0, 0.1) is 0 Å². The summed E-state index contributed by atoms with van der Waals surface area (Å²) in [6.07, 6.45) is 10.3. The smallest absolute Gasteiger partial charge is 0.0746 e. The highest BCUT2D eigenvalue weighted by molar-refractivity contribution is 5.10. The second kappa shape index (κ2) is 7.92. The van der Waals surface area contributed by atoms with E-state index in [-0.39, 0.29) is 6.10 Å². The third kappa shape index (κ3) is 4.23. The quantitative estimate of drug-likeness (QED) is 0.675. The van der Waals surface area contributed by atoms with Gasteiger partial charge in [0.2, 0.25) is 0 Å². The topological polar surface area (TPSA) is 57.3 Å². The molecule has 132 valence electrons. The van der Waals surface area contributed by atoms with E-state index < -0.39 is 0 Å². The lowest BCUT2D eigenvalue weighted by molar-refractivity contribution is -0.00131. The van der Waals surface area contributed by atoms with Gasteiger partial charge in [-0.3, -0.25) is 14.3 Å². The monoisotopic (exact) mass is 333 g/mol. The van der Waals surface area contributed by atoms with Gasteiger partial charge in [0.1, 0.15) is 0 Å². The van der Waals surface area contributed by atoms with Crippen molar-refractivity contribution in [3.05, 3.63) is 35.9 Å². The number of ether oxygens (including phenoxy) is 2. The average molecular weight is 333 g/mol. The lowest BCUT2D eigenvalue weighted by Gasteiger charge is -2.27. The summed E-state index contributed by atoms with van der Waals surface area (Å²) in [5.41, 5.74) is 2.49. The molecule has 3 rings (SSSR count). The van der Waals surface area contributed by atoms with E-state index in [9.17, 15) is 0 Å². The Kier molecular flexibility index (Phi) is 5.65. The van der Waals surface area contributed by atoms with Crippen LogP contribution in [-0.4, -0.2) is 63.5 Å². The third-order valence-corrected chi connectivity index (χ3v) is 4.57. The normalized spacial score (nSPS) is 21.6. The second-order valence-corrected chi connectivity index (χ2v) is 6.48. The number of likely N-dealkylation sites (tertiary alicyclic amines) is 1. The first kappa shape index (κ1) is 17.1. The maximum absolute atomic E-state index is 6.09. The molecule has 0 aliphatic carbocycles. The fourth-order valence-corrected chi connectivity index (χ4v) is 3.43. The van der Waals surface area contributed by atoms with Crippen molar-refractivity contribution in [2.75, 3.05) is 26.9 Å². The Hall–Kier alpha value is -1.70. The Morgan fingerprint density at radius 3 is 2.42 bits per heavy atom. The van der Waals surface area contributed by atoms with Crippen LogP contribution in [0.2, 0.25) is 0 Å². The zero-order valence-electron chi connectivity index (χ0n) is 14.8. The van der Waals surface area contributed by atoms with Crippen LogP contribution in [0.4, 0.5) is 0 Å². The summed E-state index contributed by atoms with van der Waals surface area (Å²) in [7, 11) is 5.62. The van der Waals surface area contributed by atoms with E-state index in [2.05, 4.69) is 27.5 Å². The fraction of sp³-hybridized carbons (Fsp3) is 0.647. The number of methoxy groups -OCH3 is 1. The van der Waals surface area contributed by atoms with Crippen LogP contribution in [0.3, 0.4) is 0 Å². The largest absolute Gasteiger partial charge is 0.382 e. The number of nitrogens with zero attached hydrogens (tertiary/aromatic N) is 5. The van der Waals surface area contributed by atoms with Crippen molar-refractivity contribution in [1.82, 2.24) is 24.5 Å². The molecule has 2 atom stereocenters. The highest BCUT2D eigenvalue weighted by Crippen LogP contribution is 2.26. The molecule has 0 amide bonds. The molecule has 0 spiro atoms. The molecule has 1 aliphatic heterocycles. The van der Waals surface area contributed by atoms with Crippen molar-refractivity contribution in [3.8, 4) is 0 Å². The van der Waals surface area contributed by atoms with Gasteiger partial charge in [-0.25, -0.2) is 0 Å². The van der Waals surface area contributed by atoms with Gasteiger partial charge in [0.05, 0.1) is 31.7 Å². The molecule has 0 radical (unpaired) electrons.